The van der Waals surface area contributed by atoms with Crippen LogP contribution < -0.4 is 5.32 Å². The molecule has 0 radical (unpaired) electrons. The number of alkyl halides is 6. The quantitative estimate of drug-likeness (QED) is 0.253. The lowest BCUT2D eigenvalue weighted by atomic mass is 9.93. The van der Waals surface area contributed by atoms with Crippen molar-refractivity contribution in [3.8, 4) is 10.7 Å². The van der Waals surface area contributed by atoms with Gasteiger partial charge in [0.1, 0.15) is 5.69 Å². The van der Waals surface area contributed by atoms with E-state index in [-0.39, 0.29) is 16.3 Å². The Morgan fingerprint density at radius 2 is 1.82 bits per heavy atom. The van der Waals surface area contributed by atoms with Crippen LogP contribution in [0.4, 0.5) is 32.0 Å². The van der Waals surface area contributed by atoms with E-state index in [0.717, 1.165) is 23.5 Å². The molecule has 3 heterocycles. The molecule has 1 amide bonds. The molecule has 1 N–H and O–H groups in total. The third-order valence-corrected chi connectivity index (χ3v) is 6.66. The minimum Gasteiger partial charge on any atom is -0.317 e. The molecule has 1 atom stereocenters. The first kappa shape index (κ1) is 27.2. The Kier molecular flexibility index (Phi) is 7.54. The van der Waals surface area contributed by atoms with Gasteiger partial charge in [-0.15, -0.1) is 10.2 Å². The number of pyridine rings is 1. The normalized spacial score (nSPS) is 12.9. The summed E-state index contributed by atoms with van der Waals surface area (Å²) in [6, 6.07) is 6.42. The van der Waals surface area contributed by atoms with Crippen molar-refractivity contribution >= 4 is 22.9 Å². The molecule has 0 aliphatic heterocycles. The van der Waals surface area contributed by atoms with Crippen molar-refractivity contribution in [3.63, 3.8) is 0 Å². The molecule has 7 nitrogen and oxygen atoms in total. The maximum absolute atomic E-state index is 14.4. The zero-order valence-corrected chi connectivity index (χ0v) is 20.7. The first-order chi connectivity index (χ1) is 18.0. The molecule has 0 aliphatic rings. The monoisotopic (exact) mass is 554 g/mol. The van der Waals surface area contributed by atoms with Gasteiger partial charge in [0, 0.05) is 23.5 Å². The molecule has 4 rings (SSSR count). The number of carbonyl (C=O) groups excluding carboxylic acids is 1. The van der Waals surface area contributed by atoms with Gasteiger partial charge >= 0.3 is 11.8 Å². The van der Waals surface area contributed by atoms with Crippen LogP contribution >= 0.6 is 11.3 Å². The number of benzene rings is 1. The van der Waals surface area contributed by atoms with E-state index in [1.807, 2.05) is 0 Å². The lowest BCUT2D eigenvalue weighted by Gasteiger charge is -2.24. The van der Waals surface area contributed by atoms with Crippen LogP contribution in [0.5, 0.6) is 0 Å². The maximum atomic E-state index is 14.4. The van der Waals surface area contributed by atoms with Crippen molar-refractivity contribution < 1.29 is 31.1 Å². The number of aryl methyl sites for hydroxylation is 1. The van der Waals surface area contributed by atoms with E-state index in [1.54, 1.807) is 31.3 Å². The Bertz CT molecular complexity index is 1440. The van der Waals surface area contributed by atoms with Crippen LogP contribution in [0.15, 0.2) is 48.8 Å². The van der Waals surface area contributed by atoms with Crippen LogP contribution in [0.25, 0.3) is 10.7 Å². The van der Waals surface area contributed by atoms with Gasteiger partial charge in [-0.2, -0.15) is 22.7 Å². The largest absolute Gasteiger partial charge is 0.317 e. The molecule has 38 heavy (non-hydrogen) atoms. The van der Waals surface area contributed by atoms with Crippen LogP contribution in [-0.2, 0) is 11.8 Å². The van der Waals surface area contributed by atoms with Crippen molar-refractivity contribution in [3.05, 3.63) is 76.2 Å². The predicted octanol–water partition coefficient (Wildman–Crippen LogP) is 6.09. The lowest BCUT2D eigenvalue weighted by Crippen LogP contribution is -2.24. The highest BCUT2D eigenvalue weighted by Gasteiger charge is 2.39. The fraction of sp³-hybridized carbons (Fsp3) is 0.292. The molecular weight excluding hydrogens is 534 g/mol. The number of rotatable bonds is 9. The summed E-state index contributed by atoms with van der Waals surface area (Å²) in [5.41, 5.74) is -1.11. The van der Waals surface area contributed by atoms with Gasteiger partial charge in [-0.05, 0) is 37.6 Å². The highest BCUT2D eigenvalue weighted by molar-refractivity contribution is 7.16. The average Bonchev–Trinajstić information content (AvgIpc) is 3.56. The van der Waals surface area contributed by atoms with E-state index in [0.29, 0.717) is 22.5 Å². The van der Waals surface area contributed by atoms with Crippen LogP contribution in [0.1, 0.15) is 45.2 Å². The van der Waals surface area contributed by atoms with Crippen molar-refractivity contribution in [1.82, 2.24) is 25.0 Å². The summed E-state index contributed by atoms with van der Waals surface area (Å²) < 4.78 is 83.8. The van der Waals surface area contributed by atoms with Gasteiger partial charge in [0.05, 0.1) is 17.4 Å². The molecule has 3 aromatic heterocycles. The number of hydrogen-bond acceptors (Lipinski definition) is 6. The Balaban J connectivity index is 1.61. The Morgan fingerprint density at radius 1 is 1.08 bits per heavy atom. The molecule has 0 unspecified atom stereocenters. The van der Waals surface area contributed by atoms with Crippen LogP contribution in [0.3, 0.4) is 0 Å². The average molecular weight is 555 g/mol. The zero-order chi connectivity index (χ0) is 27.7. The summed E-state index contributed by atoms with van der Waals surface area (Å²) in [5, 5.41) is 15.2. The molecule has 1 aromatic carbocycles. The number of halogens is 6. The molecular formula is C24H20F6N6OS. The standard InChI is InChI=1S/C24H20F6N6OS/c1-13-19(32-20(37)22-34-33-21(38-22)18-5-3-4-8-31-18)10-36(35-13)14(2)16-7-6-15(23(27,28)11-25)9-17(16)24(29,30)12-26/h3-10,14H,11-12H2,1-2H3,(H,32,37)/t14-/m0/s1. The molecule has 0 bridgehead atoms. The molecule has 0 aliphatic carbocycles. The zero-order valence-electron chi connectivity index (χ0n) is 19.9. The Morgan fingerprint density at radius 3 is 2.47 bits per heavy atom. The third-order valence-electron chi connectivity index (χ3n) is 5.72. The minimum absolute atomic E-state index is 0.0418. The number of nitrogens with zero attached hydrogens (tertiary/aromatic N) is 5. The molecule has 0 saturated heterocycles. The van der Waals surface area contributed by atoms with Gasteiger partial charge in [0.25, 0.3) is 5.91 Å². The van der Waals surface area contributed by atoms with Crippen LogP contribution in [-0.4, -0.2) is 44.2 Å². The van der Waals surface area contributed by atoms with E-state index in [9.17, 15) is 31.1 Å². The molecule has 0 fully saturated rings. The highest BCUT2D eigenvalue weighted by atomic mass is 32.1. The van der Waals surface area contributed by atoms with Gasteiger partial charge in [-0.3, -0.25) is 14.5 Å². The topological polar surface area (TPSA) is 85.6 Å². The Labute approximate surface area is 216 Å². The van der Waals surface area contributed by atoms with E-state index in [2.05, 4.69) is 25.6 Å². The number of amides is 1. The van der Waals surface area contributed by atoms with Gasteiger partial charge in [0.15, 0.2) is 18.4 Å². The number of carbonyl (C=O) groups is 1. The second-order valence-corrected chi connectivity index (χ2v) is 9.32. The summed E-state index contributed by atoms with van der Waals surface area (Å²) >= 11 is 1.01. The molecule has 0 saturated carbocycles. The second-order valence-electron chi connectivity index (χ2n) is 8.34. The summed E-state index contributed by atoms with van der Waals surface area (Å²) in [7, 11) is 0. The fourth-order valence-corrected chi connectivity index (χ4v) is 4.36. The predicted molar refractivity (Wildman–Crippen MR) is 128 cm³/mol. The van der Waals surface area contributed by atoms with E-state index < -0.39 is 48.3 Å². The number of anilines is 1. The van der Waals surface area contributed by atoms with Crippen molar-refractivity contribution in [1.29, 1.82) is 0 Å². The lowest BCUT2D eigenvalue weighted by molar-refractivity contribution is -0.0352. The van der Waals surface area contributed by atoms with Crippen LogP contribution in [0, 0.1) is 6.92 Å². The van der Waals surface area contributed by atoms with Gasteiger partial charge in [0.2, 0.25) is 5.01 Å². The van der Waals surface area contributed by atoms with Gasteiger partial charge in [-0.25, -0.2) is 8.78 Å². The summed E-state index contributed by atoms with van der Waals surface area (Å²) in [5.74, 6) is -8.71. The summed E-state index contributed by atoms with van der Waals surface area (Å²) in [6.45, 7) is -1.23. The number of aromatic nitrogens is 5. The first-order valence-electron chi connectivity index (χ1n) is 11.1. The molecule has 14 heteroatoms. The second kappa shape index (κ2) is 10.5. The van der Waals surface area contributed by atoms with Gasteiger partial charge in [-0.1, -0.05) is 29.5 Å². The van der Waals surface area contributed by atoms with Crippen molar-refractivity contribution in [2.75, 3.05) is 18.7 Å². The smallest absolute Gasteiger partial charge is 0.301 e. The Hall–Kier alpha value is -3.81. The molecule has 0 spiro atoms. The van der Waals surface area contributed by atoms with E-state index in [1.165, 1.54) is 17.8 Å². The summed E-state index contributed by atoms with van der Waals surface area (Å²) in [6.07, 6.45) is 2.93. The summed E-state index contributed by atoms with van der Waals surface area (Å²) in [4.78, 5) is 16.9. The number of hydrogen-bond donors (Lipinski definition) is 1. The van der Waals surface area contributed by atoms with Gasteiger partial charge < -0.3 is 5.32 Å². The minimum atomic E-state index is -4.10. The van der Waals surface area contributed by atoms with Crippen LogP contribution in [0.2, 0.25) is 0 Å². The van der Waals surface area contributed by atoms with E-state index in [4.69, 9.17) is 0 Å². The number of nitrogens with one attached hydrogen (secondary N) is 1. The first-order valence-corrected chi connectivity index (χ1v) is 11.9. The maximum Gasteiger partial charge on any atom is 0.301 e. The van der Waals surface area contributed by atoms with Crippen molar-refractivity contribution in [2.24, 2.45) is 0 Å². The van der Waals surface area contributed by atoms with Crippen molar-refractivity contribution in [2.45, 2.75) is 31.7 Å². The highest BCUT2D eigenvalue weighted by Crippen LogP contribution is 2.39. The van der Waals surface area contributed by atoms with E-state index >= 15 is 0 Å². The molecule has 4 aromatic rings. The fourth-order valence-electron chi connectivity index (χ4n) is 3.64. The third kappa shape index (κ3) is 5.39. The SMILES string of the molecule is Cc1nn([C@@H](C)c2ccc(C(F)(F)CF)cc2C(F)(F)CF)cc1NC(=O)c1nnc(-c2ccccn2)s1. The molecule has 200 valence electrons.